The molecule has 1 aliphatic heterocycles. The second-order valence-electron chi connectivity index (χ2n) is 5.93. The molecule has 0 saturated carbocycles. The van der Waals surface area contributed by atoms with E-state index >= 15 is 0 Å². The van der Waals surface area contributed by atoms with Crippen molar-refractivity contribution in [3.05, 3.63) is 66.1 Å². The molecule has 0 saturated heterocycles. The van der Waals surface area contributed by atoms with Gasteiger partial charge in [-0.15, -0.1) is 0 Å². The summed E-state index contributed by atoms with van der Waals surface area (Å²) in [7, 11) is -3.92. The van der Waals surface area contributed by atoms with Gasteiger partial charge in [0.2, 0.25) is 0 Å². The normalized spacial score (nSPS) is 16.7. The molecule has 1 aromatic rings. The predicted molar refractivity (Wildman–Crippen MR) is 95.8 cm³/mol. The molecule has 4 nitrogen and oxygen atoms in total. The summed E-state index contributed by atoms with van der Waals surface area (Å²) in [6, 6.07) is 5.17. The lowest BCUT2D eigenvalue weighted by Gasteiger charge is -2.31. The number of allylic oxidation sites excluding steroid dienone is 4. The van der Waals surface area contributed by atoms with Crippen molar-refractivity contribution in [3.8, 4) is 5.75 Å². The van der Waals surface area contributed by atoms with Crippen molar-refractivity contribution >= 4 is 21.4 Å². The molecule has 0 fully saturated rings. The third-order valence-corrected chi connectivity index (χ3v) is 4.72. The first-order valence-corrected chi connectivity index (χ1v) is 8.61. The summed E-state index contributed by atoms with van der Waals surface area (Å²) in [6.07, 6.45) is 6.05. The summed E-state index contributed by atoms with van der Waals surface area (Å²) < 4.78 is 29.7. The highest BCUT2D eigenvalue weighted by Crippen LogP contribution is 2.36. The molecular weight excluding hydrogens is 310 g/mol. The zero-order valence-electron chi connectivity index (χ0n) is 13.6. The first-order valence-electron chi connectivity index (χ1n) is 7.20. The van der Waals surface area contributed by atoms with E-state index < -0.39 is 10.1 Å². The van der Waals surface area contributed by atoms with Crippen LogP contribution in [0.15, 0.2) is 60.6 Å². The lowest BCUT2D eigenvalue weighted by Crippen LogP contribution is -2.31. The third-order valence-electron chi connectivity index (χ3n) is 3.43. The highest BCUT2D eigenvalue weighted by Gasteiger charge is 2.24. The molecule has 2 rings (SSSR count). The van der Waals surface area contributed by atoms with Crippen LogP contribution in [0.3, 0.4) is 0 Å². The van der Waals surface area contributed by atoms with E-state index in [0.717, 1.165) is 16.8 Å². The maximum Gasteiger partial charge on any atom is 0.339 e. The quantitative estimate of drug-likeness (QED) is 0.647. The Labute approximate surface area is 138 Å². The Kier molecular flexibility index (Phi) is 4.52. The van der Waals surface area contributed by atoms with Gasteiger partial charge >= 0.3 is 10.1 Å². The van der Waals surface area contributed by atoms with Crippen LogP contribution in [0, 0.1) is 0 Å². The number of rotatable bonds is 5. The number of nitrogens with one attached hydrogen (secondary N) is 1. The first kappa shape index (κ1) is 17.1. The maximum absolute atomic E-state index is 12.2. The Bertz CT molecular complexity index is 815. The van der Waals surface area contributed by atoms with E-state index in [1.807, 2.05) is 13.0 Å². The maximum atomic E-state index is 12.2. The van der Waals surface area contributed by atoms with E-state index in [0.29, 0.717) is 0 Å². The molecule has 0 aliphatic carbocycles. The highest BCUT2D eigenvalue weighted by atomic mass is 32.2. The highest BCUT2D eigenvalue weighted by molar-refractivity contribution is 7.91. The Morgan fingerprint density at radius 2 is 2.00 bits per heavy atom. The van der Waals surface area contributed by atoms with E-state index in [9.17, 15) is 8.42 Å². The van der Waals surface area contributed by atoms with Gasteiger partial charge in [0.05, 0.1) is 5.54 Å². The lowest BCUT2D eigenvalue weighted by molar-refractivity contribution is 0.494. The zero-order valence-corrected chi connectivity index (χ0v) is 14.4. The van der Waals surface area contributed by atoms with Crippen LogP contribution < -0.4 is 9.50 Å². The SMILES string of the molecule is C=C/C=C(\C=C)S(=O)(=O)Oc1ccc2c(c1)C(C)=CC(C)(C)N2. The van der Waals surface area contributed by atoms with Gasteiger partial charge in [-0.2, -0.15) is 8.42 Å². The minimum atomic E-state index is -3.92. The molecule has 1 aromatic carbocycles. The fourth-order valence-electron chi connectivity index (χ4n) is 2.56. The van der Waals surface area contributed by atoms with Crippen LogP contribution in [-0.2, 0) is 10.1 Å². The molecule has 1 heterocycles. The van der Waals surface area contributed by atoms with E-state index in [1.165, 1.54) is 18.2 Å². The molecule has 0 radical (unpaired) electrons. The Balaban J connectivity index is 2.38. The first-order chi connectivity index (χ1) is 10.7. The van der Waals surface area contributed by atoms with Crippen molar-refractivity contribution in [1.29, 1.82) is 0 Å². The van der Waals surface area contributed by atoms with Crippen molar-refractivity contribution in [2.45, 2.75) is 26.3 Å². The Hall–Kier alpha value is -2.27. The molecule has 122 valence electrons. The summed E-state index contributed by atoms with van der Waals surface area (Å²) in [6.45, 7) is 13.1. The van der Waals surface area contributed by atoms with Crippen molar-refractivity contribution in [2.24, 2.45) is 0 Å². The van der Waals surface area contributed by atoms with Crippen molar-refractivity contribution in [3.63, 3.8) is 0 Å². The average molecular weight is 331 g/mol. The summed E-state index contributed by atoms with van der Waals surface area (Å²) in [4.78, 5) is -0.0308. The molecule has 0 bridgehead atoms. The van der Waals surface area contributed by atoms with Crippen LogP contribution in [0.5, 0.6) is 5.75 Å². The monoisotopic (exact) mass is 331 g/mol. The van der Waals surface area contributed by atoms with E-state index in [2.05, 4.69) is 38.4 Å². The van der Waals surface area contributed by atoms with Crippen LogP contribution in [0.25, 0.3) is 5.57 Å². The number of hydrogen-bond donors (Lipinski definition) is 1. The molecule has 1 N–H and O–H groups in total. The van der Waals surface area contributed by atoms with Gasteiger partial charge in [0, 0.05) is 11.3 Å². The van der Waals surface area contributed by atoms with Gasteiger partial charge in [-0.05, 0) is 56.7 Å². The van der Waals surface area contributed by atoms with Gasteiger partial charge in [-0.25, -0.2) is 0 Å². The fourth-order valence-corrected chi connectivity index (χ4v) is 3.48. The van der Waals surface area contributed by atoms with Gasteiger partial charge in [0.25, 0.3) is 0 Å². The predicted octanol–water partition coefficient (Wildman–Crippen LogP) is 4.26. The van der Waals surface area contributed by atoms with Crippen LogP contribution in [0.1, 0.15) is 26.3 Å². The van der Waals surface area contributed by atoms with E-state index in [-0.39, 0.29) is 16.2 Å². The van der Waals surface area contributed by atoms with Crippen LogP contribution in [-0.4, -0.2) is 14.0 Å². The number of fused-ring (bicyclic) bond motifs is 1. The summed E-state index contributed by atoms with van der Waals surface area (Å²) >= 11 is 0. The van der Waals surface area contributed by atoms with Crippen LogP contribution in [0.2, 0.25) is 0 Å². The van der Waals surface area contributed by atoms with Gasteiger partial charge in [-0.3, -0.25) is 0 Å². The zero-order chi connectivity index (χ0) is 17.3. The van der Waals surface area contributed by atoms with Crippen LogP contribution in [0.4, 0.5) is 5.69 Å². The molecule has 0 aromatic heterocycles. The number of anilines is 1. The molecule has 0 amide bonds. The van der Waals surface area contributed by atoms with Gasteiger partial charge in [-0.1, -0.05) is 25.3 Å². The molecule has 5 heteroatoms. The van der Waals surface area contributed by atoms with E-state index in [1.54, 1.807) is 12.1 Å². The van der Waals surface area contributed by atoms with Gasteiger partial charge in [0.1, 0.15) is 10.7 Å². The standard InChI is InChI=1S/C18H21NO3S/c1-6-8-15(7-2)23(20,21)22-14-9-10-17-16(11-14)13(3)12-18(4,5)19-17/h6-12,19H,1-2H2,3-5H3/b15-8+. The number of benzene rings is 1. The largest absolute Gasteiger partial charge is 0.379 e. The minimum absolute atomic E-state index is 0.0308. The minimum Gasteiger partial charge on any atom is -0.379 e. The molecule has 0 unspecified atom stereocenters. The van der Waals surface area contributed by atoms with Crippen molar-refractivity contribution in [1.82, 2.24) is 0 Å². The molecule has 0 atom stereocenters. The second kappa shape index (κ2) is 6.08. The second-order valence-corrected chi connectivity index (χ2v) is 7.47. The smallest absolute Gasteiger partial charge is 0.339 e. The van der Waals surface area contributed by atoms with Crippen molar-refractivity contribution in [2.75, 3.05) is 5.32 Å². The Morgan fingerprint density at radius 3 is 2.61 bits per heavy atom. The topological polar surface area (TPSA) is 55.4 Å². The summed E-state index contributed by atoms with van der Waals surface area (Å²) in [5.74, 6) is 0.259. The molecular formula is C18H21NO3S. The molecule has 23 heavy (non-hydrogen) atoms. The summed E-state index contributed by atoms with van der Waals surface area (Å²) in [5.41, 5.74) is 2.79. The number of hydrogen-bond acceptors (Lipinski definition) is 4. The molecule has 0 spiro atoms. The fraction of sp³-hybridized carbons (Fsp3) is 0.222. The van der Waals surface area contributed by atoms with Gasteiger partial charge < -0.3 is 9.50 Å². The summed E-state index contributed by atoms with van der Waals surface area (Å²) in [5, 5.41) is 3.39. The average Bonchev–Trinajstić information content (AvgIpc) is 2.44. The van der Waals surface area contributed by atoms with Gasteiger partial charge in [0.15, 0.2) is 0 Å². The van der Waals surface area contributed by atoms with E-state index in [4.69, 9.17) is 4.18 Å². The third kappa shape index (κ3) is 3.74. The van der Waals surface area contributed by atoms with Crippen molar-refractivity contribution < 1.29 is 12.6 Å². The lowest BCUT2D eigenvalue weighted by atomic mass is 9.91. The van der Waals surface area contributed by atoms with Crippen LogP contribution >= 0.6 is 0 Å². The Morgan fingerprint density at radius 1 is 1.30 bits per heavy atom. The molecule has 1 aliphatic rings.